The molecular weight excluding hydrogens is 359 g/mol. The third-order valence-corrected chi connectivity index (χ3v) is 4.80. The molecule has 0 bridgehead atoms. The molecule has 3 rings (SSSR count). The summed E-state index contributed by atoms with van der Waals surface area (Å²) in [5.74, 6) is -1.28. The summed E-state index contributed by atoms with van der Waals surface area (Å²) < 4.78 is 30.7. The predicted molar refractivity (Wildman–Crippen MR) is 91.3 cm³/mol. The molecule has 1 aliphatic heterocycles. The fourth-order valence-corrected chi connectivity index (χ4v) is 3.66. The molecule has 27 heavy (non-hydrogen) atoms. The fraction of sp³-hybridized carbons (Fsp3) is 0.389. The highest BCUT2D eigenvalue weighted by molar-refractivity contribution is 5.75. The Morgan fingerprint density at radius 2 is 1.96 bits per heavy atom. The fourth-order valence-electron chi connectivity index (χ4n) is 3.66. The maximum Gasteiger partial charge on any atom is 0.269 e. The van der Waals surface area contributed by atoms with E-state index in [-0.39, 0.29) is 17.7 Å². The van der Waals surface area contributed by atoms with Crippen molar-refractivity contribution in [3.63, 3.8) is 0 Å². The number of nitrogens with zero attached hydrogens (tertiary/aromatic N) is 2. The zero-order valence-electron chi connectivity index (χ0n) is 15.0. The second kappa shape index (κ2) is 7.26. The maximum atomic E-state index is 14.6. The summed E-state index contributed by atoms with van der Waals surface area (Å²) in [6.45, 7) is 0. The normalized spacial score (nSPS) is 24.5. The molecular formula is C18H18FN2O6-. The van der Waals surface area contributed by atoms with Crippen molar-refractivity contribution >= 4 is 11.6 Å². The SMILES string of the molecule is COC1=CC2N=C([O-])CC(c3cc([N+](=O)[O-])ccc3F)C2C(OC)=C1OC. The van der Waals surface area contributed by atoms with Crippen LogP contribution < -0.4 is 5.11 Å². The van der Waals surface area contributed by atoms with Gasteiger partial charge in [-0.3, -0.25) is 15.1 Å². The lowest BCUT2D eigenvalue weighted by atomic mass is 9.73. The van der Waals surface area contributed by atoms with Crippen LogP contribution in [0.1, 0.15) is 17.9 Å². The molecule has 1 aliphatic carbocycles. The number of halogens is 1. The van der Waals surface area contributed by atoms with Crippen molar-refractivity contribution in [1.29, 1.82) is 0 Å². The zero-order chi connectivity index (χ0) is 19.7. The van der Waals surface area contributed by atoms with Gasteiger partial charge >= 0.3 is 0 Å². The molecule has 0 aromatic heterocycles. The molecule has 0 fully saturated rings. The van der Waals surface area contributed by atoms with E-state index in [1.54, 1.807) is 6.08 Å². The molecule has 0 saturated heterocycles. The first-order valence-electron chi connectivity index (χ1n) is 8.17. The Morgan fingerprint density at radius 1 is 1.22 bits per heavy atom. The summed E-state index contributed by atoms with van der Waals surface area (Å²) in [6, 6.07) is 2.62. The van der Waals surface area contributed by atoms with Gasteiger partial charge in [0.15, 0.2) is 11.5 Å². The van der Waals surface area contributed by atoms with Crippen molar-refractivity contribution < 1.29 is 28.6 Å². The minimum Gasteiger partial charge on any atom is -0.862 e. The molecule has 1 heterocycles. The van der Waals surface area contributed by atoms with Crippen molar-refractivity contribution in [2.75, 3.05) is 21.3 Å². The molecule has 2 aliphatic rings. The molecule has 0 amide bonds. The number of benzene rings is 1. The van der Waals surface area contributed by atoms with Gasteiger partial charge in [-0.15, -0.1) is 0 Å². The van der Waals surface area contributed by atoms with Gasteiger partial charge in [-0.25, -0.2) is 4.39 Å². The number of methoxy groups -OCH3 is 3. The number of nitro groups is 1. The largest absolute Gasteiger partial charge is 0.862 e. The molecule has 3 atom stereocenters. The molecule has 0 radical (unpaired) electrons. The maximum absolute atomic E-state index is 14.6. The van der Waals surface area contributed by atoms with Gasteiger partial charge in [0.05, 0.1) is 38.2 Å². The Kier molecular flexibility index (Phi) is 5.02. The Morgan fingerprint density at radius 3 is 2.56 bits per heavy atom. The van der Waals surface area contributed by atoms with Crippen LogP contribution in [0.2, 0.25) is 0 Å². The number of rotatable bonds is 5. The van der Waals surface area contributed by atoms with E-state index in [1.807, 2.05) is 0 Å². The average Bonchev–Trinajstić information content (AvgIpc) is 2.65. The van der Waals surface area contributed by atoms with Crippen LogP contribution in [0.4, 0.5) is 10.1 Å². The van der Waals surface area contributed by atoms with Gasteiger partial charge in [-0.2, -0.15) is 0 Å². The number of hydrogen-bond acceptors (Lipinski definition) is 7. The van der Waals surface area contributed by atoms with Crippen LogP contribution >= 0.6 is 0 Å². The summed E-state index contributed by atoms with van der Waals surface area (Å²) in [4.78, 5) is 14.6. The summed E-state index contributed by atoms with van der Waals surface area (Å²) in [7, 11) is 4.32. The standard InChI is InChI=1S/C18H19FN2O6/c1-25-14-8-13-16(18(27-3)17(14)26-2)11(7-15(22)20-13)10-6-9(21(23)24)4-5-12(10)19/h4-6,8,11,13,16H,7H2,1-3H3,(H,20,22)/p-1. The van der Waals surface area contributed by atoms with Crippen molar-refractivity contribution in [2.45, 2.75) is 18.4 Å². The Labute approximate surface area is 154 Å². The van der Waals surface area contributed by atoms with E-state index in [0.29, 0.717) is 17.3 Å². The van der Waals surface area contributed by atoms with E-state index < -0.39 is 34.5 Å². The van der Waals surface area contributed by atoms with E-state index in [0.717, 1.165) is 18.2 Å². The van der Waals surface area contributed by atoms with Gasteiger partial charge in [0.2, 0.25) is 0 Å². The van der Waals surface area contributed by atoms with Crippen molar-refractivity contribution in [3.8, 4) is 0 Å². The summed E-state index contributed by atoms with van der Waals surface area (Å²) in [6.07, 6.45) is 1.52. The Bertz CT molecular complexity index is 863. The highest BCUT2D eigenvalue weighted by atomic mass is 19.1. The van der Waals surface area contributed by atoms with E-state index in [1.165, 1.54) is 21.3 Å². The molecule has 144 valence electrons. The lowest BCUT2D eigenvalue weighted by Crippen LogP contribution is -2.40. The van der Waals surface area contributed by atoms with Crippen molar-refractivity contribution in [2.24, 2.45) is 10.9 Å². The molecule has 0 N–H and O–H groups in total. The number of hydrogen-bond donors (Lipinski definition) is 0. The number of ether oxygens (including phenoxy) is 3. The van der Waals surface area contributed by atoms with Crippen LogP contribution in [0, 0.1) is 21.8 Å². The summed E-state index contributed by atoms with van der Waals surface area (Å²) >= 11 is 0. The van der Waals surface area contributed by atoms with Crippen LogP contribution in [0.15, 0.2) is 46.5 Å². The summed E-state index contributed by atoms with van der Waals surface area (Å²) in [5, 5.41) is 23.3. The van der Waals surface area contributed by atoms with Gasteiger partial charge in [0.1, 0.15) is 11.6 Å². The van der Waals surface area contributed by atoms with E-state index in [4.69, 9.17) is 14.2 Å². The molecule has 8 nitrogen and oxygen atoms in total. The number of aliphatic imine (C=N–C) groups is 1. The van der Waals surface area contributed by atoms with Crippen LogP contribution in [0.5, 0.6) is 0 Å². The highest BCUT2D eigenvalue weighted by Gasteiger charge is 2.43. The van der Waals surface area contributed by atoms with Crippen LogP contribution in [0.25, 0.3) is 0 Å². The summed E-state index contributed by atoms with van der Waals surface area (Å²) in [5.41, 5.74) is -0.182. The molecule has 1 aromatic rings. The number of non-ortho nitro benzene ring substituents is 1. The third-order valence-electron chi connectivity index (χ3n) is 4.80. The Hall–Kier alpha value is -3.10. The van der Waals surface area contributed by atoms with E-state index in [2.05, 4.69) is 4.99 Å². The first kappa shape index (κ1) is 18.7. The van der Waals surface area contributed by atoms with Crippen molar-refractivity contribution in [1.82, 2.24) is 0 Å². The van der Waals surface area contributed by atoms with Gasteiger partial charge in [-0.05, 0) is 30.0 Å². The Balaban J connectivity index is 2.17. The topological polar surface area (TPSA) is 106 Å². The van der Waals surface area contributed by atoms with Gasteiger partial charge in [0.25, 0.3) is 5.69 Å². The quantitative estimate of drug-likeness (QED) is 0.574. The van der Waals surface area contributed by atoms with Crippen LogP contribution in [-0.4, -0.2) is 38.2 Å². The number of nitro benzene ring substituents is 1. The van der Waals surface area contributed by atoms with Crippen molar-refractivity contribution in [3.05, 3.63) is 63.0 Å². The lowest BCUT2D eigenvalue weighted by molar-refractivity contribution is -0.385. The highest BCUT2D eigenvalue weighted by Crippen LogP contribution is 2.46. The second-order valence-corrected chi connectivity index (χ2v) is 6.15. The second-order valence-electron chi connectivity index (χ2n) is 6.15. The molecule has 0 saturated carbocycles. The smallest absolute Gasteiger partial charge is 0.269 e. The molecule has 3 unspecified atom stereocenters. The van der Waals surface area contributed by atoms with E-state index >= 15 is 0 Å². The molecule has 1 aromatic carbocycles. The zero-order valence-corrected chi connectivity index (χ0v) is 15.0. The molecule has 0 spiro atoms. The first-order valence-corrected chi connectivity index (χ1v) is 8.17. The number of fused-ring (bicyclic) bond motifs is 1. The first-order chi connectivity index (χ1) is 12.9. The van der Waals surface area contributed by atoms with Crippen LogP contribution in [-0.2, 0) is 14.2 Å². The van der Waals surface area contributed by atoms with Gasteiger partial charge in [-0.1, -0.05) is 0 Å². The van der Waals surface area contributed by atoms with E-state index in [9.17, 15) is 19.6 Å². The third kappa shape index (κ3) is 3.20. The monoisotopic (exact) mass is 377 g/mol. The average molecular weight is 377 g/mol. The lowest BCUT2D eigenvalue weighted by Gasteiger charge is -2.40. The molecule has 9 heteroatoms. The van der Waals surface area contributed by atoms with Gasteiger partial charge < -0.3 is 19.3 Å². The van der Waals surface area contributed by atoms with Gasteiger partial charge in [0, 0.05) is 18.1 Å². The predicted octanol–water partition coefficient (Wildman–Crippen LogP) is 2.01. The minimum atomic E-state index is -0.699. The van der Waals surface area contributed by atoms with Crippen LogP contribution in [0.3, 0.4) is 0 Å². The minimum absolute atomic E-state index is 0.0710.